The van der Waals surface area contributed by atoms with Gasteiger partial charge in [-0.3, -0.25) is 14.4 Å². The summed E-state index contributed by atoms with van der Waals surface area (Å²) in [6, 6.07) is 6.86. The van der Waals surface area contributed by atoms with E-state index in [-0.39, 0.29) is 30.8 Å². The Morgan fingerprint density at radius 3 is 2.42 bits per heavy atom. The van der Waals surface area contributed by atoms with Gasteiger partial charge in [0.15, 0.2) is 0 Å². The van der Waals surface area contributed by atoms with Crippen LogP contribution in [0.25, 0.3) is 0 Å². The lowest BCUT2D eigenvalue weighted by atomic mass is 10.3. The number of carbonyl (C=O) groups is 3. The monoisotopic (exact) mass is 381 g/mol. The van der Waals surface area contributed by atoms with Crippen LogP contribution in [0.2, 0.25) is 0 Å². The molecule has 2 N–H and O–H groups in total. The van der Waals surface area contributed by atoms with Crippen LogP contribution in [0.1, 0.15) is 19.8 Å². The van der Waals surface area contributed by atoms with Crippen LogP contribution in [0.4, 0.5) is 5.69 Å². The maximum Gasteiger partial charge on any atom is 0.243 e. The minimum atomic E-state index is -0.681. The molecular weight excluding hydrogens is 358 g/mol. The van der Waals surface area contributed by atoms with Gasteiger partial charge < -0.3 is 20.3 Å². The molecule has 1 aromatic rings. The van der Waals surface area contributed by atoms with Gasteiger partial charge in [0, 0.05) is 12.2 Å². The van der Waals surface area contributed by atoms with E-state index in [1.54, 1.807) is 38.3 Å². The third-order valence-electron chi connectivity index (χ3n) is 3.98. The SMILES string of the molecule is COc1ccc(NC(=O)CNC(=O)CN(CC2CC2)C(=O)[C@@H](C)Cl)cc1. The first-order chi connectivity index (χ1) is 12.4. The van der Waals surface area contributed by atoms with Gasteiger partial charge in [0.25, 0.3) is 0 Å². The molecule has 0 aliphatic heterocycles. The fourth-order valence-electron chi connectivity index (χ4n) is 2.38. The predicted molar refractivity (Wildman–Crippen MR) is 99.3 cm³/mol. The van der Waals surface area contributed by atoms with Crippen LogP contribution in [0.3, 0.4) is 0 Å². The Bertz CT molecular complexity index is 644. The number of rotatable bonds is 9. The number of carbonyl (C=O) groups excluding carboxylic acids is 3. The molecule has 1 aromatic carbocycles. The molecule has 1 fully saturated rings. The Morgan fingerprint density at radius 1 is 1.23 bits per heavy atom. The molecule has 3 amide bonds. The van der Waals surface area contributed by atoms with E-state index in [0.29, 0.717) is 23.9 Å². The molecule has 8 heteroatoms. The highest BCUT2D eigenvalue weighted by Crippen LogP contribution is 2.30. The van der Waals surface area contributed by atoms with Crippen LogP contribution in [0.5, 0.6) is 5.75 Å². The van der Waals surface area contributed by atoms with Crippen molar-refractivity contribution in [1.82, 2.24) is 10.2 Å². The van der Waals surface area contributed by atoms with Crippen molar-refractivity contribution in [2.75, 3.05) is 32.1 Å². The van der Waals surface area contributed by atoms with Crippen molar-refractivity contribution in [3.63, 3.8) is 0 Å². The molecular formula is C18H24ClN3O4. The summed E-state index contributed by atoms with van der Waals surface area (Å²) in [5.41, 5.74) is 0.603. The molecule has 0 heterocycles. The maximum absolute atomic E-state index is 12.1. The minimum absolute atomic E-state index is 0.0950. The standard InChI is InChI=1S/C18H24ClN3O4/c1-12(19)18(25)22(10-13-3-4-13)11-17(24)20-9-16(23)21-14-5-7-15(26-2)8-6-14/h5-8,12-13H,3-4,9-11H2,1-2H3,(H,20,24)(H,21,23)/t12-/m1/s1. The Kier molecular flexibility index (Phi) is 7.26. The van der Waals surface area contributed by atoms with Crippen molar-refractivity contribution >= 4 is 35.0 Å². The smallest absolute Gasteiger partial charge is 0.243 e. The fraction of sp³-hybridized carbons (Fsp3) is 0.500. The topological polar surface area (TPSA) is 87.7 Å². The lowest BCUT2D eigenvalue weighted by Crippen LogP contribution is -2.45. The van der Waals surface area contributed by atoms with Crippen LogP contribution in [0, 0.1) is 5.92 Å². The molecule has 26 heavy (non-hydrogen) atoms. The molecule has 1 saturated carbocycles. The highest BCUT2D eigenvalue weighted by atomic mass is 35.5. The van der Waals surface area contributed by atoms with Crippen molar-refractivity contribution in [3.8, 4) is 5.75 Å². The van der Waals surface area contributed by atoms with Crippen molar-refractivity contribution in [2.24, 2.45) is 5.92 Å². The van der Waals surface area contributed by atoms with Gasteiger partial charge >= 0.3 is 0 Å². The van der Waals surface area contributed by atoms with Crippen molar-refractivity contribution in [1.29, 1.82) is 0 Å². The fourth-order valence-corrected chi connectivity index (χ4v) is 2.52. The highest BCUT2D eigenvalue weighted by molar-refractivity contribution is 6.30. The number of halogens is 1. The third-order valence-corrected chi connectivity index (χ3v) is 4.17. The van der Waals surface area contributed by atoms with Gasteiger partial charge in [0.1, 0.15) is 11.1 Å². The van der Waals surface area contributed by atoms with Gasteiger partial charge in [-0.2, -0.15) is 0 Å². The zero-order chi connectivity index (χ0) is 19.1. The largest absolute Gasteiger partial charge is 0.497 e. The first-order valence-electron chi connectivity index (χ1n) is 8.52. The summed E-state index contributed by atoms with van der Waals surface area (Å²) in [6.07, 6.45) is 2.12. The molecule has 1 aliphatic rings. The molecule has 0 bridgehead atoms. The zero-order valence-corrected chi connectivity index (χ0v) is 15.7. The first-order valence-corrected chi connectivity index (χ1v) is 8.96. The second-order valence-corrected chi connectivity index (χ2v) is 6.99. The average molecular weight is 382 g/mol. The summed E-state index contributed by atoms with van der Waals surface area (Å²) in [7, 11) is 1.56. The summed E-state index contributed by atoms with van der Waals surface area (Å²) in [5, 5.41) is 4.52. The maximum atomic E-state index is 12.1. The lowest BCUT2D eigenvalue weighted by Gasteiger charge is -2.23. The molecule has 2 rings (SSSR count). The molecule has 0 unspecified atom stereocenters. The number of amides is 3. The number of nitrogens with one attached hydrogen (secondary N) is 2. The van der Waals surface area contributed by atoms with E-state index in [4.69, 9.17) is 16.3 Å². The molecule has 7 nitrogen and oxygen atoms in total. The van der Waals surface area contributed by atoms with Gasteiger partial charge in [-0.1, -0.05) is 0 Å². The normalized spacial score (nSPS) is 14.3. The highest BCUT2D eigenvalue weighted by Gasteiger charge is 2.29. The minimum Gasteiger partial charge on any atom is -0.497 e. The van der Waals surface area contributed by atoms with Gasteiger partial charge in [-0.05, 0) is 49.9 Å². The van der Waals surface area contributed by atoms with Crippen LogP contribution >= 0.6 is 11.6 Å². The summed E-state index contributed by atoms with van der Waals surface area (Å²) in [4.78, 5) is 37.6. The van der Waals surface area contributed by atoms with Crippen molar-refractivity contribution < 1.29 is 19.1 Å². The summed E-state index contributed by atoms with van der Waals surface area (Å²) < 4.78 is 5.05. The van der Waals surface area contributed by atoms with Crippen molar-refractivity contribution in [3.05, 3.63) is 24.3 Å². The number of hydrogen-bond donors (Lipinski definition) is 2. The Balaban J connectivity index is 1.78. The van der Waals surface area contributed by atoms with E-state index >= 15 is 0 Å². The molecule has 1 aliphatic carbocycles. The van der Waals surface area contributed by atoms with E-state index in [0.717, 1.165) is 12.8 Å². The molecule has 1 atom stereocenters. The number of nitrogens with zero attached hydrogens (tertiary/aromatic N) is 1. The number of hydrogen-bond acceptors (Lipinski definition) is 4. The van der Waals surface area contributed by atoms with Gasteiger partial charge in [-0.25, -0.2) is 0 Å². The third kappa shape index (κ3) is 6.55. The van der Waals surface area contributed by atoms with E-state index in [2.05, 4.69) is 10.6 Å². The molecule has 0 aromatic heterocycles. The molecule has 0 radical (unpaired) electrons. The van der Waals surface area contributed by atoms with E-state index in [1.165, 1.54) is 4.90 Å². The van der Waals surface area contributed by atoms with E-state index in [1.807, 2.05) is 0 Å². The first kappa shape index (κ1) is 20.0. The number of anilines is 1. The van der Waals surface area contributed by atoms with Crippen LogP contribution in [-0.4, -0.2) is 54.7 Å². The molecule has 0 spiro atoms. The number of alkyl halides is 1. The van der Waals surface area contributed by atoms with Crippen LogP contribution in [-0.2, 0) is 14.4 Å². The van der Waals surface area contributed by atoms with Crippen LogP contribution < -0.4 is 15.4 Å². The van der Waals surface area contributed by atoms with Crippen molar-refractivity contribution in [2.45, 2.75) is 25.1 Å². The zero-order valence-electron chi connectivity index (χ0n) is 15.0. The molecule has 142 valence electrons. The number of methoxy groups -OCH3 is 1. The summed E-state index contributed by atoms with van der Waals surface area (Å²) in [6.45, 7) is 1.85. The van der Waals surface area contributed by atoms with Gasteiger partial charge in [0.2, 0.25) is 17.7 Å². The second kappa shape index (κ2) is 9.43. The average Bonchev–Trinajstić information content (AvgIpc) is 3.43. The van der Waals surface area contributed by atoms with E-state index in [9.17, 15) is 14.4 Å². The van der Waals surface area contributed by atoms with Gasteiger partial charge in [0.05, 0.1) is 20.2 Å². The Morgan fingerprint density at radius 2 is 1.88 bits per heavy atom. The summed E-state index contributed by atoms with van der Waals surface area (Å²) >= 11 is 5.85. The van der Waals surface area contributed by atoms with E-state index < -0.39 is 5.38 Å². The Hall–Kier alpha value is -2.28. The van der Waals surface area contributed by atoms with Crippen LogP contribution in [0.15, 0.2) is 24.3 Å². The Labute approximate surface area is 158 Å². The lowest BCUT2D eigenvalue weighted by molar-refractivity contribution is -0.136. The van der Waals surface area contributed by atoms with Gasteiger partial charge in [-0.15, -0.1) is 11.6 Å². The second-order valence-electron chi connectivity index (χ2n) is 6.33. The molecule has 0 saturated heterocycles. The number of ether oxygens (including phenoxy) is 1. The quantitative estimate of drug-likeness (QED) is 0.636. The summed E-state index contributed by atoms with van der Waals surface area (Å²) in [5.74, 6) is 0.123. The number of benzene rings is 1. The predicted octanol–water partition coefficient (Wildman–Crippen LogP) is 1.62.